The highest BCUT2D eigenvalue weighted by atomic mass is 19.3. The molecule has 1 aromatic rings. The maximum atomic E-state index is 13.5. The van der Waals surface area contributed by atoms with Crippen molar-refractivity contribution in [1.29, 1.82) is 0 Å². The van der Waals surface area contributed by atoms with E-state index in [9.17, 15) is 28.0 Å². The predicted molar refractivity (Wildman–Crippen MR) is 123 cm³/mol. The van der Waals surface area contributed by atoms with Crippen LogP contribution in [0.25, 0.3) is 0 Å². The normalized spacial score (nSPS) is 12.1. The molecule has 10 heteroatoms. The molecule has 194 valence electrons. The van der Waals surface area contributed by atoms with E-state index in [1.165, 1.54) is 34.6 Å². The number of hydrogen-bond acceptors (Lipinski definition) is 8. The summed E-state index contributed by atoms with van der Waals surface area (Å²) >= 11 is 0. The van der Waals surface area contributed by atoms with Crippen molar-refractivity contribution in [2.24, 2.45) is 0 Å². The van der Waals surface area contributed by atoms with E-state index in [1.54, 1.807) is 0 Å². The molecule has 35 heavy (non-hydrogen) atoms. The van der Waals surface area contributed by atoms with Gasteiger partial charge in [-0.25, -0.2) is 19.2 Å². The van der Waals surface area contributed by atoms with Gasteiger partial charge in [-0.2, -0.15) is 8.78 Å². The third-order valence-electron chi connectivity index (χ3n) is 4.11. The number of benzene rings is 1. The number of esters is 4. The Morgan fingerprint density at radius 2 is 1.43 bits per heavy atom. The van der Waals surface area contributed by atoms with E-state index in [0.717, 1.165) is 5.56 Å². The van der Waals surface area contributed by atoms with Crippen LogP contribution < -0.4 is 0 Å². The summed E-state index contributed by atoms with van der Waals surface area (Å²) in [6, 6.07) is 9.28. The first-order chi connectivity index (χ1) is 16.3. The number of alkyl halides is 2. The average Bonchev–Trinajstić information content (AvgIpc) is 2.81. The second-order valence-corrected chi connectivity index (χ2v) is 7.35. The lowest BCUT2D eigenvalue weighted by molar-refractivity contribution is -0.196. The SMILES string of the molecule is C=C(C)C(=O)OC(C)C(=O)OCc1ccccc1.C=C(C)C(=O)OC(CC)C(F)(F)C(=O)OCC. The largest absolute Gasteiger partial charge is 0.461 e. The molecule has 0 saturated carbocycles. The third kappa shape index (κ3) is 11.4. The average molecular weight is 499 g/mol. The molecule has 1 rings (SSSR count). The fourth-order valence-electron chi connectivity index (χ4n) is 2.16. The number of carbonyl (C=O) groups is 4. The minimum absolute atomic E-state index is 0.0110. The predicted octanol–water partition coefficient (Wildman–Crippen LogP) is 4.32. The second-order valence-electron chi connectivity index (χ2n) is 7.35. The molecule has 8 nitrogen and oxygen atoms in total. The summed E-state index contributed by atoms with van der Waals surface area (Å²) in [6.45, 7) is 13.8. The smallest absolute Gasteiger partial charge is 0.381 e. The molecule has 0 fully saturated rings. The Labute approximate surface area is 203 Å². The molecule has 0 radical (unpaired) electrons. The van der Waals surface area contributed by atoms with Crippen LogP contribution >= 0.6 is 0 Å². The van der Waals surface area contributed by atoms with Crippen LogP contribution in [0.2, 0.25) is 0 Å². The van der Waals surface area contributed by atoms with Gasteiger partial charge < -0.3 is 18.9 Å². The van der Waals surface area contributed by atoms with Gasteiger partial charge >= 0.3 is 29.8 Å². The molecular formula is C25H32F2O8. The van der Waals surface area contributed by atoms with Gasteiger partial charge in [-0.1, -0.05) is 50.4 Å². The first-order valence-corrected chi connectivity index (χ1v) is 10.8. The molecule has 0 aromatic heterocycles. The maximum absolute atomic E-state index is 13.5. The van der Waals surface area contributed by atoms with Crippen LogP contribution in [0.5, 0.6) is 0 Å². The molecule has 0 heterocycles. The lowest BCUT2D eigenvalue weighted by Crippen LogP contribution is -2.45. The fraction of sp³-hybridized carbons (Fsp3) is 0.440. The summed E-state index contributed by atoms with van der Waals surface area (Å²) in [5, 5.41) is 0. The van der Waals surface area contributed by atoms with E-state index < -0.39 is 42.0 Å². The van der Waals surface area contributed by atoms with Crippen molar-refractivity contribution < 1.29 is 46.9 Å². The Balaban J connectivity index is 0.000000662. The fourth-order valence-corrected chi connectivity index (χ4v) is 2.16. The van der Waals surface area contributed by atoms with Gasteiger partial charge in [0.15, 0.2) is 12.2 Å². The van der Waals surface area contributed by atoms with Crippen LogP contribution in [0.15, 0.2) is 54.6 Å². The summed E-state index contributed by atoms with van der Waals surface area (Å²) in [5.41, 5.74) is 1.12. The van der Waals surface area contributed by atoms with Gasteiger partial charge in [0.05, 0.1) is 6.61 Å². The van der Waals surface area contributed by atoms with E-state index in [-0.39, 0.29) is 30.8 Å². The quantitative estimate of drug-likeness (QED) is 0.252. The summed E-state index contributed by atoms with van der Waals surface area (Å²) in [7, 11) is 0. The van der Waals surface area contributed by atoms with Gasteiger partial charge in [0, 0.05) is 11.1 Å². The van der Waals surface area contributed by atoms with Crippen LogP contribution in [0.1, 0.15) is 46.6 Å². The minimum Gasteiger partial charge on any atom is -0.461 e. The van der Waals surface area contributed by atoms with E-state index in [0.29, 0.717) is 0 Å². The van der Waals surface area contributed by atoms with E-state index in [4.69, 9.17) is 9.47 Å². The topological polar surface area (TPSA) is 105 Å². The van der Waals surface area contributed by atoms with E-state index in [2.05, 4.69) is 22.6 Å². The van der Waals surface area contributed by atoms with Crippen molar-refractivity contribution in [3.05, 3.63) is 60.2 Å². The monoisotopic (exact) mass is 498 g/mol. The molecule has 0 saturated heterocycles. The number of carbonyl (C=O) groups excluding carboxylic acids is 4. The standard InChI is InChI=1S/C14H16O4.C11H16F2O4/c1-10(2)13(15)18-11(3)14(16)17-9-12-7-5-4-6-8-12;1-5-8(17-9(14)7(3)4)11(12,13)10(15)16-6-2/h4-8,11H,1,9H2,2-3H3;8H,3,5-6H2,1-2,4H3. The van der Waals surface area contributed by atoms with Gasteiger partial charge in [-0.3, -0.25) is 0 Å². The molecule has 2 atom stereocenters. The Morgan fingerprint density at radius 3 is 1.89 bits per heavy atom. The second kappa shape index (κ2) is 15.4. The number of rotatable bonds is 11. The molecule has 0 spiro atoms. The van der Waals surface area contributed by atoms with Crippen LogP contribution in [-0.2, 0) is 44.7 Å². The van der Waals surface area contributed by atoms with E-state index in [1.807, 2.05) is 30.3 Å². The minimum atomic E-state index is -3.85. The molecule has 0 bridgehead atoms. The zero-order chi connectivity index (χ0) is 27.2. The molecular weight excluding hydrogens is 466 g/mol. The highest BCUT2D eigenvalue weighted by Gasteiger charge is 2.50. The first kappa shape index (κ1) is 31.4. The Bertz CT molecular complexity index is 896. The number of hydrogen-bond donors (Lipinski definition) is 0. The molecule has 0 aliphatic carbocycles. The maximum Gasteiger partial charge on any atom is 0.381 e. The van der Waals surface area contributed by atoms with Crippen LogP contribution in [0.3, 0.4) is 0 Å². The van der Waals surface area contributed by atoms with Crippen molar-refractivity contribution in [3.8, 4) is 0 Å². The van der Waals surface area contributed by atoms with Crippen molar-refractivity contribution in [3.63, 3.8) is 0 Å². The van der Waals surface area contributed by atoms with Gasteiger partial charge in [-0.15, -0.1) is 0 Å². The zero-order valence-electron chi connectivity index (χ0n) is 20.6. The van der Waals surface area contributed by atoms with Gasteiger partial charge in [-0.05, 0) is 39.7 Å². The number of halogens is 2. The summed E-state index contributed by atoms with van der Waals surface area (Å²) in [5.74, 6) is -7.68. The lowest BCUT2D eigenvalue weighted by atomic mass is 10.1. The Kier molecular flexibility index (Phi) is 13.8. The Morgan fingerprint density at radius 1 is 0.914 bits per heavy atom. The lowest BCUT2D eigenvalue weighted by Gasteiger charge is -2.23. The summed E-state index contributed by atoms with van der Waals surface area (Å²) in [6.07, 6.45) is -2.98. The molecule has 0 aliphatic heterocycles. The molecule has 0 N–H and O–H groups in total. The first-order valence-electron chi connectivity index (χ1n) is 10.8. The molecule has 0 amide bonds. The zero-order valence-corrected chi connectivity index (χ0v) is 20.6. The van der Waals surface area contributed by atoms with Crippen LogP contribution in [-0.4, -0.2) is 48.6 Å². The van der Waals surface area contributed by atoms with Gasteiger partial charge in [0.25, 0.3) is 0 Å². The Hall–Kier alpha value is -3.56. The highest BCUT2D eigenvalue weighted by Crippen LogP contribution is 2.26. The van der Waals surface area contributed by atoms with Crippen molar-refractivity contribution >= 4 is 23.9 Å². The van der Waals surface area contributed by atoms with Crippen molar-refractivity contribution in [2.45, 2.75) is 65.8 Å². The van der Waals surface area contributed by atoms with E-state index >= 15 is 0 Å². The molecule has 2 unspecified atom stereocenters. The number of ether oxygens (including phenoxy) is 4. The molecule has 0 aliphatic rings. The summed E-state index contributed by atoms with van der Waals surface area (Å²) < 4.78 is 45.6. The van der Waals surface area contributed by atoms with Gasteiger partial charge in [0.1, 0.15) is 6.61 Å². The van der Waals surface area contributed by atoms with Gasteiger partial charge in [0.2, 0.25) is 0 Å². The van der Waals surface area contributed by atoms with Crippen LogP contribution in [0, 0.1) is 0 Å². The molecule has 1 aromatic carbocycles. The highest BCUT2D eigenvalue weighted by molar-refractivity contribution is 5.89. The third-order valence-corrected chi connectivity index (χ3v) is 4.11. The van der Waals surface area contributed by atoms with Crippen molar-refractivity contribution in [2.75, 3.05) is 6.61 Å². The van der Waals surface area contributed by atoms with Crippen LogP contribution in [0.4, 0.5) is 8.78 Å². The van der Waals surface area contributed by atoms with Crippen molar-refractivity contribution in [1.82, 2.24) is 0 Å². The summed E-state index contributed by atoms with van der Waals surface area (Å²) in [4.78, 5) is 44.9.